The van der Waals surface area contributed by atoms with Crippen LogP contribution < -0.4 is 5.73 Å². The monoisotopic (exact) mass is 311 g/mol. The molecule has 5 nitrogen and oxygen atoms in total. The van der Waals surface area contributed by atoms with Gasteiger partial charge in [-0.2, -0.15) is 0 Å². The molecule has 0 aliphatic heterocycles. The summed E-state index contributed by atoms with van der Waals surface area (Å²) in [5.74, 6) is 0.377. The second kappa shape index (κ2) is 7.88. The van der Waals surface area contributed by atoms with Crippen LogP contribution in [0, 0.1) is 12.8 Å². The van der Waals surface area contributed by atoms with Crippen molar-refractivity contribution in [2.45, 2.75) is 27.2 Å². The minimum Gasteiger partial charge on any atom is -0.409 e. The second-order valence-electron chi connectivity index (χ2n) is 5.45. The van der Waals surface area contributed by atoms with Gasteiger partial charge in [0.25, 0.3) is 5.91 Å². The van der Waals surface area contributed by atoms with Crippen LogP contribution >= 0.6 is 11.6 Å². The molecule has 1 rings (SSSR count). The molecular weight excluding hydrogens is 290 g/mol. The zero-order valence-corrected chi connectivity index (χ0v) is 13.4. The number of hydrogen-bond donors (Lipinski definition) is 2. The summed E-state index contributed by atoms with van der Waals surface area (Å²) in [6, 6.07) is 5.21. The van der Waals surface area contributed by atoms with Gasteiger partial charge in [0.15, 0.2) is 0 Å². The largest absolute Gasteiger partial charge is 0.409 e. The van der Waals surface area contributed by atoms with Crippen molar-refractivity contribution in [3.05, 3.63) is 34.3 Å². The quantitative estimate of drug-likeness (QED) is 0.367. The fourth-order valence-electron chi connectivity index (χ4n) is 2.05. The molecule has 0 heterocycles. The van der Waals surface area contributed by atoms with Gasteiger partial charge in [-0.1, -0.05) is 30.6 Å². The van der Waals surface area contributed by atoms with Gasteiger partial charge in [0.2, 0.25) is 0 Å². The van der Waals surface area contributed by atoms with E-state index in [0.29, 0.717) is 36.0 Å². The van der Waals surface area contributed by atoms with Crippen LogP contribution in [0.4, 0.5) is 0 Å². The van der Waals surface area contributed by atoms with Gasteiger partial charge in [0, 0.05) is 30.1 Å². The maximum atomic E-state index is 12.7. The van der Waals surface area contributed by atoms with Gasteiger partial charge >= 0.3 is 0 Å². The van der Waals surface area contributed by atoms with Crippen molar-refractivity contribution in [1.29, 1.82) is 0 Å². The number of nitrogens with two attached hydrogens (primary N) is 1. The lowest BCUT2D eigenvalue weighted by Crippen LogP contribution is -2.37. The number of benzene rings is 1. The molecule has 0 radical (unpaired) electrons. The summed E-state index contributed by atoms with van der Waals surface area (Å²) in [4.78, 5) is 14.4. The van der Waals surface area contributed by atoms with Gasteiger partial charge in [0.05, 0.1) is 0 Å². The van der Waals surface area contributed by atoms with Crippen LogP contribution in [-0.2, 0) is 0 Å². The van der Waals surface area contributed by atoms with Crippen molar-refractivity contribution in [3.8, 4) is 0 Å². The molecule has 0 bridgehead atoms. The summed E-state index contributed by atoms with van der Waals surface area (Å²) in [5.41, 5.74) is 6.95. The molecule has 21 heavy (non-hydrogen) atoms. The molecule has 0 unspecified atom stereocenters. The lowest BCUT2D eigenvalue weighted by molar-refractivity contribution is 0.0740. The lowest BCUT2D eigenvalue weighted by Gasteiger charge is -2.25. The molecular formula is C15H22ClN3O2. The van der Waals surface area contributed by atoms with Gasteiger partial charge in [-0.25, -0.2) is 0 Å². The van der Waals surface area contributed by atoms with Crippen molar-refractivity contribution in [2.24, 2.45) is 16.8 Å². The van der Waals surface area contributed by atoms with Crippen LogP contribution in [0.5, 0.6) is 0 Å². The number of amidine groups is 1. The molecule has 0 atom stereocenters. The first-order chi connectivity index (χ1) is 9.85. The minimum absolute atomic E-state index is 0.0661. The second-order valence-corrected chi connectivity index (χ2v) is 5.88. The third kappa shape index (κ3) is 5.27. The Kier molecular flexibility index (Phi) is 6.49. The van der Waals surface area contributed by atoms with Crippen molar-refractivity contribution in [3.63, 3.8) is 0 Å². The highest BCUT2D eigenvalue weighted by Gasteiger charge is 2.19. The molecule has 1 aromatic rings. The SMILES string of the molecule is Cc1cc(Cl)ccc1C(=O)N(CC/C(N)=N/O)CC(C)C. The number of oxime groups is 1. The number of rotatable bonds is 6. The van der Waals surface area contributed by atoms with Crippen molar-refractivity contribution < 1.29 is 10.0 Å². The van der Waals surface area contributed by atoms with E-state index >= 15 is 0 Å². The summed E-state index contributed by atoms with van der Waals surface area (Å²) in [6.45, 7) is 6.96. The Morgan fingerprint density at radius 3 is 2.67 bits per heavy atom. The lowest BCUT2D eigenvalue weighted by atomic mass is 10.1. The van der Waals surface area contributed by atoms with E-state index in [1.807, 2.05) is 20.8 Å². The van der Waals surface area contributed by atoms with E-state index in [2.05, 4.69) is 5.16 Å². The van der Waals surface area contributed by atoms with Crippen LogP contribution in [0.3, 0.4) is 0 Å². The van der Waals surface area contributed by atoms with Crippen molar-refractivity contribution >= 4 is 23.3 Å². The Labute approximate surface area is 130 Å². The van der Waals surface area contributed by atoms with Gasteiger partial charge < -0.3 is 15.8 Å². The number of amides is 1. The van der Waals surface area contributed by atoms with Gasteiger partial charge in [-0.05, 0) is 36.6 Å². The topological polar surface area (TPSA) is 78.9 Å². The van der Waals surface area contributed by atoms with E-state index in [-0.39, 0.29) is 11.7 Å². The fraction of sp³-hybridized carbons (Fsp3) is 0.467. The van der Waals surface area contributed by atoms with Gasteiger partial charge in [0.1, 0.15) is 5.84 Å². The van der Waals surface area contributed by atoms with Crippen LogP contribution in [-0.4, -0.2) is 34.9 Å². The first-order valence-corrected chi connectivity index (χ1v) is 7.24. The molecule has 1 aromatic carbocycles. The summed E-state index contributed by atoms with van der Waals surface area (Å²) in [7, 11) is 0. The molecule has 0 aliphatic rings. The summed E-state index contributed by atoms with van der Waals surface area (Å²) in [5, 5.41) is 12.2. The molecule has 0 aliphatic carbocycles. The smallest absolute Gasteiger partial charge is 0.254 e. The Hall–Kier alpha value is -1.75. The fourth-order valence-corrected chi connectivity index (χ4v) is 2.28. The average molecular weight is 312 g/mol. The first-order valence-electron chi connectivity index (χ1n) is 6.87. The van der Waals surface area contributed by atoms with E-state index < -0.39 is 0 Å². The van der Waals surface area contributed by atoms with Crippen LogP contribution in [0.1, 0.15) is 36.2 Å². The third-order valence-electron chi connectivity index (χ3n) is 3.06. The number of hydrogen-bond acceptors (Lipinski definition) is 3. The molecule has 0 saturated carbocycles. The summed E-state index contributed by atoms with van der Waals surface area (Å²) in [6.07, 6.45) is 0.335. The zero-order chi connectivity index (χ0) is 16.0. The van der Waals surface area contributed by atoms with Crippen LogP contribution in [0.2, 0.25) is 5.02 Å². The van der Waals surface area contributed by atoms with Gasteiger partial charge in [-0.15, -0.1) is 0 Å². The average Bonchev–Trinajstić information content (AvgIpc) is 2.42. The predicted molar refractivity (Wildman–Crippen MR) is 85.0 cm³/mol. The highest BCUT2D eigenvalue weighted by atomic mass is 35.5. The molecule has 0 fully saturated rings. The molecule has 3 N–H and O–H groups in total. The highest BCUT2D eigenvalue weighted by molar-refractivity contribution is 6.30. The highest BCUT2D eigenvalue weighted by Crippen LogP contribution is 2.17. The molecule has 0 spiro atoms. The van der Waals surface area contributed by atoms with Crippen LogP contribution in [0.15, 0.2) is 23.4 Å². The maximum absolute atomic E-state index is 12.7. The number of nitrogens with zero attached hydrogens (tertiary/aromatic N) is 2. The zero-order valence-electron chi connectivity index (χ0n) is 12.6. The Morgan fingerprint density at radius 2 is 2.14 bits per heavy atom. The third-order valence-corrected chi connectivity index (χ3v) is 3.29. The Morgan fingerprint density at radius 1 is 1.48 bits per heavy atom. The van der Waals surface area contributed by atoms with E-state index in [4.69, 9.17) is 22.5 Å². The van der Waals surface area contributed by atoms with E-state index in [9.17, 15) is 4.79 Å². The molecule has 116 valence electrons. The number of halogens is 1. The van der Waals surface area contributed by atoms with Gasteiger partial charge in [-0.3, -0.25) is 4.79 Å². The Bertz CT molecular complexity index is 530. The van der Waals surface area contributed by atoms with Crippen molar-refractivity contribution in [2.75, 3.05) is 13.1 Å². The molecule has 0 saturated heterocycles. The number of aryl methyl sites for hydroxylation is 1. The van der Waals surface area contributed by atoms with E-state index in [0.717, 1.165) is 5.56 Å². The maximum Gasteiger partial charge on any atom is 0.254 e. The minimum atomic E-state index is -0.0661. The standard InChI is InChI=1S/C15H22ClN3O2/c1-10(2)9-19(7-6-14(17)18-21)15(20)13-5-4-12(16)8-11(13)3/h4-5,8,10,21H,6-7,9H2,1-3H3,(H2,17,18). The van der Waals surface area contributed by atoms with E-state index in [1.165, 1.54) is 0 Å². The van der Waals surface area contributed by atoms with Crippen LogP contribution in [0.25, 0.3) is 0 Å². The Balaban J connectivity index is 2.93. The van der Waals surface area contributed by atoms with Crippen molar-refractivity contribution in [1.82, 2.24) is 4.90 Å². The first kappa shape index (κ1) is 17.3. The number of carbonyl (C=O) groups excluding carboxylic acids is 1. The number of carbonyl (C=O) groups is 1. The summed E-state index contributed by atoms with van der Waals surface area (Å²) >= 11 is 5.92. The normalized spacial score (nSPS) is 11.8. The molecule has 1 amide bonds. The predicted octanol–water partition coefficient (Wildman–Crippen LogP) is 2.88. The molecule has 6 heteroatoms. The van der Waals surface area contributed by atoms with E-state index in [1.54, 1.807) is 23.1 Å². The molecule has 0 aromatic heterocycles. The summed E-state index contributed by atoms with van der Waals surface area (Å²) < 4.78 is 0.